The van der Waals surface area contributed by atoms with Crippen LogP contribution in [0.4, 0.5) is 5.69 Å². The van der Waals surface area contributed by atoms with Crippen molar-refractivity contribution in [2.75, 3.05) is 12.4 Å². The quantitative estimate of drug-likeness (QED) is 0.832. The number of nitrogens with one attached hydrogen (secondary N) is 1. The number of fused-ring (bicyclic) bond motifs is 2. The van der Waals surface area contributed by atoms with Crippen LogP contribution in [0.15, 0.2) is 42.5 Å². The molecule has 0 saturated carbocycles. The van der Waals surface area contributed by atoms with Crippen molar-refractivity contribution in [3.63, 3.8) is 0 Å². The fourth-order valence-electron chi connectivity index (χ4n) is 2.15. The highest BCUT2D eigenvalue weighted by molar-refractivity contribution is 6.09. The summed E-state index contributed by atoms with van der Waals surface area (Å²) >= 11 is 0. The first-order chi connectivity index (χ1) is 10.9. The molecule has 0 atom stereocenters. The summed E-state index contributed by atoms with van der Waals surface area (Å²) < 4.78 is 4.42. The average Bonchev–Trinajstić information content (AvgIpc) is 2.79. The van der Waals surface area contributed by atoms with Crippen molar-refractivity contribution in [3.05, 3.63) is 64.7 Å². The van der Waals surface area contributed by atoms with E-state index in [4.69, 9.17) is 5.11 Å². The van der Waals surface area contributed by atoms with Gasteiger partial charge in [-0.05, 0) is 42.8 Å². The zero-order valence-electron chi connectivity index (χ0n) is 12.6. The minimum absolute atomic E-state index is 0.0168. The zero-order valence-corrected chi connectivity index (χ0v) is 12.6. The van der Waals surface area contributed by atoms with Gasteiger partial charge in [-0.1, -0.05) is 12.1 Å². The molecule has 2 aromatic rings. The number of aromatic carboxylic acids is 1. The second-order valence-electron chi connectivity index (χ2n) is 4.88. The Morgan fingerprint density at radius 2 is 1.74 bits per heavy atom. The van der Waals surface area contributed by atoms with Crippen molar-refractivity contribution in [1.29, 1.82) is 0 Å². The molecule has 1 aliphatic rings. The van der Waals surface area contributed by atoms with E-state index in [2.05, 4.69) is 10.1 Å². The summed E-state index contributed by atoms with van der Waals surface area (Å²) in [5.74, 6) is -1.76. The van der Waals surface area contributed by atoms with Gasteiger partial charge in [0.05, 0.1) is 18.2 Å². The number of rotatable bonds is 2. The number of benzene rings is 2. The molecule has 0 unspecified atom stereocenters. The van der Waals surface area contributed by atoms with Gasteiger partial charge in [0.25, 0.3) is 5.91 Å². The third kappa shape index (κ3) is 3.74. The molecular weight excluding hydrogens is 298 g/mol. The van der Waals surface area contributed by atoms with Crippen LogP contribution >= 0.6 is 0 Å². The van der Waals surface area contributed by atoms with Gasteiger partial charge < -0.3 is 15.2 Å². The van der Waals surface area contributed by atoms with Crippen LogP contribution in [0.5, 0.6) is 0 Å². The SMILES string of the molecule is COC(=O)c1ccccc1C(=O)O.Cc1cc2cc(c1)C(=O)N2. The fraction of sp³-hybridized carbons (Fsp3) is 0.118. The normalized spacial score (nSPS) is 11.1. The van der Waals surface area contributed by atoms with E-state index in [1.54, 1.807) is 12.1 Å². The fourth-order valence-corrected chi connectivity index (χ4v) is 2.15. The van der Waals surface area contributed by atoms with Gasteiger partial charge in [0.2, 0.25) is 0 Å². The number of carbonyl (C=O) groups is 3. The molecule has 0 fully saturated rings. The molecule has 23 heavy (non-hydrogen) atoms. The number of carboxylic acid groups (broad SMARTS) is 1. The molecule has 2 N–H and O–H groups in total. The predicted molar refractivity (Wildman–Crippen MR) is 83.9 cm³/mol. The summed E-state index contributed by atoms with van der Waals surface area (Å²) in [7, 11) is 1.21. The minimum atomic E-state index is -1.14. The first-order valence-electron chi connectivity index (χ1n) is 6.76. The van der Waals surface area contributed by atoms with Gasteiger partial charge in [0, 0.05) is 11.3 Å². The smallest absolute Gasteiger partial charge is 0.338 e. The highest BCUT2D eigenvalue weighted by atomic mass is 16.5. The number of aryl methyl sites for hydroxylation is 1. The summed E-state index contributed by atoms with van der Waals surface area (Å²) in [6.45, 7) is 1.98. The average molecular weight is 313 g/mol. The van der Waals surface area contributed by atoms with Crippen LogP contribution in [-0.4, -0.2) is 30.1 Å². The predicted octanol–water partition coefficient (Wildman–Crippen LogP) is 2.73. The second-order valence-corrected chi connectivity index (χ2v) is 4.88. The maximum atomic E-state index is 11.1. The molecule has 0 saturated heterocycles. The van der Waals surface area contributed by atoms with Crippen LogP contribution in [0.1, 0.15) is 36.6 Å². The van der Waals surface area contributed by atoms with Crippen molar-refractivity contribution in [3.8, 4) is 0 Å². The van der Waals surface area contributed by atoms with E-state index in [1.165, 1.54) is 19.2 Å². The first kappa shape index (κ1) is 16.2. The van der Waals surface area contributed by atoms with E-state index in [0.717, 1.165) is 16.8 Å². The molecule has 3 rings (SSSR count). The monoisotopic (exact) mass is 313 g/mol. The molecule has 0 aliphatic carbocycles. The lowest BCUT2D eigenvalue weighted by Gasteiger charge is -2.02. The zero-order chi connectivity index (χ0) is 17.0. The number of carboxylic acids is 1. The Hall–Kier alpha value is -3.15. The molecule has 6 heteroatoms. The summed E-state index contributed by atoms with van der Waals surface area (Å²) in [5, 5.41) is 11.4. The van der Waals surface area contributed by atoms with Gasteiger partial charge in [0.15, 0.2) is 0 Å². The van der Waals surface area contributed by atoms with Gasteiger partial charge in [-0.15, -0.1) is 0 Å². The van der Waals surface area contributed by atoms with Crippen LogP contribution in [0.3, 0.4) is 0 Å². The summed E-state index contributed by atoms with van der Waals surface area (Å²) in [4.78, 5) is 32.6. The maximum Gasteiger partial charge on any atom is 0.338 e. The largest absolute Gasteiger partial charge is 0.478 e. The van der Waals surface area contributed by atoms with Crippen LogP contribution in [0.2, 0.25) is 0 Å². The van der Waals surface area contributed by atoms with Crippen LogP contribution in [0.25, 0.3) is 0 Å². The van der Waals surface area contributed by atoms with Gasteiger partial charge in [-0.3, -0.25) is 4.79 Å². The van der Waals surface area contributed by atoms with Crippen molar-refractivity contribution in [2.24, 2.45) is 0 Å². The molecular formula is C17H15NO5. The van der Waals surface area contributed by atoms with E-state index in [-0.39, 0.29) is 17.0 Å². The van der Waals surface area contributed by atoms with E-state index in [0.29, 0.717) is 0 Å². The molecule has 0 radical (unpaired) electrons. The molecule has 1 amide bonds. The van der Waals surface area contributed by atoms with Gasteiger partial charge >= 0.3 is 11.9 Å². The third-order valence-electron chi connectivity index (χ3n) is 3.16. The molecule has 1 aliphatic heterocycles. The topological polar surface area (TPSA) is 92.7 Å². The Morgan fingerprint density at radius 1 is 1.09 bits per heavy atom. The number of methoxy groups -OCH3 is 1. The standard InChI is InChI=1S/C9H8O4.C8H7NO/c1-13-9(12)7-5-3-2-4-6(7)8(10)11;1-5-2-6-4-7(3-5)9-8(6)10/h2-5H,1H3,(H,10,11);2-4H,1H3,(H,9,10). The summed E-state index contributed by atoms with van der Waals surface area (Å²) in [5.41, 5.74) is 2.84. The van der Waals surface area contributed by atoms with Crippen molar-refractivity contribution in [1.82, 2.24) is 0 Å². The Labute approximate surface area is 132 Å². The third-order valence-corrected chi connectivity index (χ3v) is 3.16. The molecule has 0 aromatic heterocycles. The number of carbonyl (C=O) groups excluding carboxylic acids is 2. The maximum absolute atomic E-state index is 11.1. The number of hydrogen-bond acceptors (Lipinski definition) is 4. The molecule has 2 bridgehead atoms. The molecule has 118 valence electrons. The van der Waals surface area contributed by atoms with Crippen molar-refractivity contribution in [2.45, 2.75) is 6.92 Å². The van der Waals surface area contributed by atoms with Crippen LogP contribution in [-0.2, 0) is 4.74 Å². The van der Waals surface area contributed by atoms with Crippen molar-refractivity contribution >= 4 is 23.5 Å². The number of esters is 1. The Kier molecular flexibility index (Phi) is 4.75. The second kappa shape index (κ2) is 6.74. The number of ether oxygens (including phenoxy) is 1. The van der Waals surface area contributed by atoms with E-state index in [1.807, 2.05) is 25.1 Å². The van der Waals surface area contributed by atoms with Crippen LogP contribution in [0, 0.1) is 6.92 Å². The first-order valence-corrected chi connectivity index (χ1v) is 6.76. The van der Waals surface area contributed by atoms with Gasteiger partial charge in [0.1, 0.15) is 0 Å². The Balaban J connectivity index is 0.000000172. The van der Waals surface area contributed by atoms with E-state index >= 15 is 0 Å². The number of amides is 1. The van der Waals surface area contributed by atoms with E-state index in [9.17, 15) is 14.4 Å². The van der Waals surface area contributed by atoms with Gasteiger partial charge in [-0.2, -0.15) is 0 Å². The number of anilines is 1. The van der Waals surface area contributed by atoms with Crippen LogP contribution < -0.4 is 5.32 Å². The Bertz CT molecular complexity index is 782. The summed E-state index contributed by atoms with van der Waals surface area (Å²) in [6, 6.07) is 11.6. The molecule has 6 nitrogen and oxygen atoms in total. The lowest BCUT2D eigenvalue weighted by molar-refractivity contribution is 0.0582. The highest BCUT2D eigenvalue weighted by Crippen LogP contribution is 2.21. The highest BCUT2D eigenvalue weighted by Gasteiger charge is 2.15. The number of hydrogen-bond donors (Lipinski definition) is 2. The molecule has 2 aromatic carbocycles. The van der Waals surface area contributed by atoms with Crippen molar-refractivity contribution < 1.29 is 24.2 Å². The Morgan fingerprint density at radius 3 is 2.30 bits per heavy atom. The lowest BCUT2D eigenvalue weighted by atomic mass is 10.1. The lowest BCUT2D eigenvalue weighted by Crippen LogP contribution is -2.09. The van der Waals surface area contributed by atoms with E-state index < -0.39 is 11.9 Å². The van der Waals surface area contributed by atoms with Gasteiger partial charge in [-0.25, -0.2) is 9.59 Å². The molecule has 1 heterocycles. The molecule has 0 spiro atoms. The minimum Gasteiger partial charge on any atom is -0.478 e. The summed E-state index contributed by atoms with van der Waals surface area (Å²) in [6.07, 6.45) is 0.